The Morgan fingerprint density at radius 1 is 1.04 bits per heavy atom. The summed E-state index contributed by atoms with van der Waals surface area (Å²) in [6.45, 7) is 4.85. The van der Waals surface area contributed by atoms with E-state index in [9.17, 15) is 8.42 Å². The summed E-state index contributed by atoms with van der Waals surface area (Å²) in [6.07, 6.45) is 1.19. The quantitative estimate of drug-likeness (QED) is 0.636. The van der Waals surface area contributed by atoms with Crippen LogP contribution < -0.4 is 4.74 Å². The molecule has 2 aromatic rings. The molecule has 0 bridgehead atoms. The van der Waals surface area contributed by atoms with Crippen LogP contribution in [0.25, 0.3) is 0 Å². The van der Waals surface area contributed by atoms with Gasteiger partial charge in [0.15, 0.2) is 9.84 Å². The second-order valence-electron chi connectivity index (χ2n) is 6.28. The normalized spacial score (nSPS) is 11.1. The Bertz CT molecular complexity index is 887. The zero-order chi connectivity index (χ0) is 18.4. The minimum atomic E-state index is -3.19. The van der Waals surface area contributed by atoms with Crippen molar-refractivity contribution in [3.63, 3.8) is 0 Å². The molecule has 0 radical (unpaired) electrons. The van der Waals surface area contributed by atoms with E-state index in [0.717, 1.165) is 22.4 Å². The van der Waals surface area contributed by atoms with Gasteiger partial charge in [-0.2, -0.15) is 12.6 Å². The lowest BCUT2D eigenvalue weighted by Gasteiger charge is -2.10. The second kappa shape index (κ2) is 8.46. The van der Waals surface area contributed by atoms with Gasteiger partial charge in [-0.3, -0.25) is 0 Å². The van der Waals surface area contributed by atoms with Gasteiger partial charge in [0.05, 0.1) is 11.5 Å². The predicted octanol–water partition coefficient (Wildman–Crippen LogP) is 3.95. The van der Waals surface area contributed by atoms with Crippen LogP contribution >= 0.6 is 12.6 Å². The van der Waals surface area contributed by atoms with Crippen molar-refractivity contribution in [3.05, 3.63) is 59.2 Å². The highest BCUT2D eigenvalue weighted by Crippen LogP contribution is 2.19. The lowest BCUT2D eigenvalue weighted by atomic mass is 10.1. The monoisotopic (exact) mass is 374 g/mol. The Hall–Kier alpha value is -1.90. The molecule has 0 aliphatic rings. The van der Waals surface area contributed by atoms with Crippen molar-refractivity contribution >= 4 is 22.5 Å². The minimum Gasteiger partial charge on any atom is -0.493 e. The highest BCUT2D eigenvalue weighted by atomic mass is 32.2. The van der Waals surface area contributed by atoms with E-state index in [0.29, 0.717) is 23.2 Å². The topological polar surface area (TPSA) is 43.4 Å². The van der Waals surface area contributed by atoms with Crippen molar-refractivity contribution in [2.75, 3.05) is 12.9 Å². The molecule has 0 unspecified atom stereocenters. The summed E-state index contributed by atoms with van der Waals surface area (Å²) >= 11 is 4.33. The fourth-order valence-electron chi connectivity index (χ4n) is 2.10. The Labute approximate surface area is 155 Å². The van der Waals surface area contributed by atoms with Gasteiger partial charge in [-0.15, -0.1) is 0 Å². The van der Waals surface area contributed by atoms with Crippen LogP contribution in [0.2, 0.25) is 0 Å². The molecule has 25 heavy (non-hydrogen) atoms. The first-order chi connectivity index (χ1) is 11.8. The van der Waals surface area contributed by atoms with Gasteiger partial charge in [0, 0.05) is 23.1 Å². The predicted molar refractivity (Wildman–Crippen MR) is 105 cm³/mol. The van der Waals surface area contributed by atoms with Crippen LogP contribution in [0.5, 0.6) is 5.75 Å². The zero-order valence-corrected chi connectivity index (χ0v) is 16.3. The lowest BCUT2D eigenvalue weighted by Crippen LogP contribution is -2.04. The number of ether oxygens (including phenoxy) is 1. The number of rotatable bonds is 5. The van der Waals surface area contributed by atoms with Gasteiger partial charge in [0.1, 0.15) is 5.75 Å². The third kappa shape index (κ3) is 6.15. The summed E-state index contributed by atoms with van der Waals surface area (Å²) < 4.78 is 28.8. The highest BCUT2D eigenvalue weighted by Gasteiger charge is 2.05. The maximum absolute atomic E-state index is 11.5. The van der Waals surface area contributed by atoms with Crippen molar-refractivity contribution in [2.45, 2.75) is 24.5 Å². The SMILES string of the molecule is CC(C)COc1cc(C#Cc2ccc(S(C)(=O)=O)cc2)cc(CS)c1. The summed E-state index contributed by atoms with van der Waals surface area (Å²) in [6, 6.07) is 12.4. The molecule has 0 spiro atoms. The lowest BCUT2D eigenvalue weighted by molar-refractivity contribution is 0.271. The summed E-state index contributed by atoms with van der Waals surface area (Å²) in [5.74, 6) is 8.01. The first-order valence-corrected chi connectivity index (χ1v) is 10.5. The summed E-state index contributed by atoms with van der Waals surface area (Å²) in [4.78, 5) is 0.291. The van der Waals surface area contributed by atoms with E-state index in [1.54, 1.807) is 24.3 Å². The second-order valence-corrected chi connectivity index (χ2v) is 8.61. The molecule has 0 aromatic heterocycles. The van der Waals surface area contributed by atoms with Gasteiger partial charge in [0.25, 0.3) is 0 Å². The molecule has 3 nitrogen and oxygen atoms in total. The fraction of sp³-hybridized carbons (Fsp3) is 0.300. The Kier molecular flexibility index (Phi) is 6.57. The Morgan fingerprint density at radius 3 is 2.24 bits per heavy atom. The van der Waals surface area contributed by atoms with Gasteiger partial charge in [0.2, 0.25) is 0 Å². The maximum atomic E-state index is 11.5. The Balaban J connectivity index is 2.25. The van der Waals surface area contributed by atoms with Crippen LogP contribution in [0.3, 0.4) is 0 Å². The van der Waals surface area contributed by atoms with Crippen molar-refractivity contribution in [3.8, 4) is 17.6 Å². The molecule has 5 heteroatoms. The Morgan fingerprint density at radius 2 is 1.68 bits per heavy atom. The number of benzene rings is 2. The van der Waals surface area contributed by atoms with E-state index < -0.39 is 9.84 Å². The van der Waals surface area contributed by atoms with E-state index in [-0.39, 0.29) is 0 Å². The van der Waals surface area contributed by atoms with Crippen LogP contribution in [0.15, 0.2) is 47.4 Å². The molecule has 0 amide bonds. The molecule has 0 aliphatic heterocycles. The molecular formula is C20H22O3S2. The van der Waals surface area contributed by atoms with Crippen LogP contribution in [0, 0.1) is 17.8 Å². The van der Waals surface area contributed by atoms with Gasteiger partial charge in [-0.25, -0.2) is 8.42 Å². The molecule has 0 fully saturated rings. The minimum absolute atomic E-state index is 0.291. The molecule has 0 saturated heterocycles. The highest BCUT2D eigenvalue weighted by molar-refractivity contribution is 7.90. The van der Waals surface area contributed by atoms with Gasteiger partial charge >= 0.3 is 0 Å². The molecule has 0 aliphatic carbocycles. The standard InChI is InChI=1S/C20H22O3S2/c1-15(2)13-23-19-11-17(10-18(12-19)14-24)5-4-16-6-8-20(9-7-16)25(3,21)22/h6-12,15,24H,13-14H2,1-3H3. The van der Waals surface area contributed by atoms with Crippen LogP contribution in [0.1, 0.15) is 30.5 Å². The van der Waals surface area contributed by atoms with E-state index in [1.165, 1.54) is 6.26 Å². The fourth-order valence-corrected chi connectivity index (χ4v) is 2.91. The smallest absolute Gasteiger partial charge is 0.175 e. The van der Waals surface area contributed by atoms with E-state index in [1.807, 2.05) is 18.2 Å². The molecule has 2 aromatic carbocycles. The van der Waals surface area contributed by atoms with Gasteiger partial charge in [-0.05, 0) is 53.9 Å². The average molecular weight is 375 g/mol. The molecule has 0 saturated carbocycles. The van der Waals surface area contributed by atoms with Crippen LogP contribution in [-0.2, 0) is 15.6 Å². The number of thiol groups is 1. The van der Waals surface area contributed by atoms with Crippen molar-refractivity contribution in [1.29, 1.82) is 0 Å². The van der Waals surface area contributed by atoms with Crippen molar-refractivity contribution in [2.24, 2.45) is 5.92 Å². The third-order valence-corrected chi connectivity index (χ3v) is 4.86. The summed E-state index contributed by atoms with van der Waals surface area (Å²) in [5.41, 5.74) is 2.65. The van der Waals surface area contributed by atoms with Gasteiger partial charge in [-0.1, -0.05) is 25.7 Å². The van der Waals surface area contributed by atoms with Crippen LogP contribution in [0.4, 0.5) is 0 Å². The largest absolute Gasteiger partial charge is 0.493 e. The summed E-state index contributed by atoms with van der Waals surface area (Å²) in [5, 5.41) is 0. The molecule has 0 atom stereocenters. The molecule has 0 heterocycles. The molecule has 2 rings (SSSR count). The average Bonchev–Trinajstić information content (AvgIpc) is 2.57. The third-order valence-electron chi connectivity index (χ3n) is 3.37. The first kappa shape index (κ1) is 19.4. The van der Waals surface area contributed by atoms with Crippen molar-refractivity contribution in [1.82, 2.24) is 0 Å². The van der Waals surface area contributed by atoms with E-state index in [4.69, 9.17) is 4.74 Å². The van der Waals surface area contributed by atoms with E-state index in [2.05, 4.69) is 38.3 Å². The number of hydrogen-bond acceptors (Lipinski definition) is 4. The summed E-state index contributed by atoms with van der Waals surface area (Å²) in [7, 11) is -3.19. The number of hydrogen-bond donors (Lipinski definition) is 1. The maximum Gasteiger partial charge on any atom is 0.175 e. The van der Waals surface area contributed by atoms with Crippen LogP contribution in [-0.4, -0.2) is 21.3 Å². The molecular weight excluding hydrogens is 352 g/mol. The first-order valence-electron chi connectivity index (χ1n) is 7.97. The zero-order valence-electron chi connectivity index (χ0n) is 14.6. The molecule has 132 valence electrons. The van der Waals surface area contributed by atoms with Gasteiger partial charge < -0.3 is 4.74 Å². The van der Waals surface area contributed by atoms with Crippen molar-refractivity contribution < 1.29 is 13.2 Å². The van der Waals surface area contributed by atoms with E-state index >= 15 is 0 Å². The number of sulfone groups is 1. The molecule has 0 N–H and O–H groups in total.